The van der Waals surface area contributed by atoms with Crippen LogP contribution >= 0.6 is 0 Å². The smallest absolute Gasteiger partial charge is 0.408 e. The van der Waals surface area contributed by atoms with E-state index in [2.05, 4.69) is 5.32 Å². The Balaban J connectivity index is 1.68. The van der Waals surface area contributed by atoms with E-state index in [9.17, 15) is 9.59 Å². The minimum Gasteiger partial charge on any atom is -0.408 e. The lowest BCUT2D eigenvalue weighted by molar-refractivity contribution is -0.116. The Labute approximate surface area is 135 Å². The van der Waals surface area contributed by atoms with Gasteiger partial charge in [-0.25, -0.2) is 4.79 Å². The second kappa shape index (κ2) is 6.60. The number of oxazole rings is 1. The van der Waals surface area contributed by atoms with Crippen LogP contribution in [0.3, 0.4) is 0 Å². The Morgan fingerprint density at radius 1 is 1.35 bits per heavy atom. The zero-order valence-corrected chi connectivity index (χ0v) is 13.8. The molecule has 0 unspecified atom stereocenters. The van der Waals surface area contributed by atoms with Gasteiger partial charge in [0.2, 0.25) is 5.91 Å². The first-order valence-corrected chi connectivity index (χ1v) is 8.49. The summed E-state index contributed by atoms with van der Waals surface area (Å²) in [5.74, 6) is 0.378. The lowest BCUT2D eigenvalue weighted by Gasteiger charge is -2.09. The molecular weight excluding hydrogens is 292 g/mol. The Morgan fingerprint density at radius 3 is 2.78 bits per heavy atom. The van der Waals surface area contributed by atoms with E-state index in [1.54, 1.807) is 10.6 Å². The van der Waals surface area contributed by atoms with E-state index in [4.69, 9.17) is 4.42 Å². The average Bonchev–Trinajstić information content (AvgIpc) is 3.10. The van der Waals surface area contributed by atoms with Crippen molar-refractivity contribution >= 4 is 22.7 Å². The van der Waals surface area contributed by atoms with Gasteiger partial charge in [0, 0.05) is 24.2 Å². The lowest BCUT2D eigenvalue weighted by atomic mass is 10.0. The molecular formula is C18H24N2O3. The third kappa shape index (κ3) is 3.49. The molecule has 1 aromatic heterocycles. The highest BCUT2D eigenvalue weighted by atomic mass is 16.4. The van der Waals surface area contributed by atoms with Crippen LogP contribution < -0.4 is 11.1 Å². The average molecular weight is 316 g/mol. The normalized spacial score (nSPS) is 15.6. The second-order valence-electron chi connectivity index (χ2n) is 6.75. The van der Waals surface area contributed by atoms with Crippen molar-refractivity contribution in [3.8, 4) is 0 Å². The summed E-state index contributed by atoms with van der Waals surface area (Å²) in [4.78, 5) is 23.9. The molecule has 0 atom stereocenters. The van der Waals surface area contributed by atoms with Gasteiger partial charge in [-0.1, -0.05) is 25.7 Å². The summed E-state index contributed by atoms with van der Waals surface area (Å²) in [7, 11) is 0. The zero-order valence-electron chi connectivity index (χ0n) is 13.8. The van der Waals surface area contributed by atoms with E-state index in [0.29, 0.717) is 23.6 Å². The van der Waals surface area contributed by atoms with E-state index in [-0.39, 0.29) is 17.7 Å². The second-order valence-corrected chi connectivity index (χ2v) is 6.75. The molecule has 1 amide bonds. The molecule has 1 heterocycles. The number of nitrogens with one attached hydrogen (secondary N) is 1. The van der Waals surface area contributed by atoms with Crippen LogP contribution in [0.2, 0.25) is 0 Å². The predicted octanol–water partition coefficient (Wildman–Crippen LogP) is 4.08. The number of hydrogen-bond acceptors (Lipinski definition) is 3. The number of fused-ring (bicyclic) bond motifs is 1. The number of nitrogens with zero attached hydrogens (tertiary/aromatic N) is 1. The van der Waals surface area contributed by atoms with E-state index < -0.39 is 0 Å². The first kappa shape index (κ1) is 15.8. The summed E-state index contributed by atoms with van der Waals surface area (Å²) in [5, 5.41) is 2.91. The highest BCUT2D eigenvalue weighted by Crippen LogP contribution is 2.28. The van der Waals surface area contributed by atoms with Gasteiger partial charge in [-0.05, 0) is 38.3 Å². The van der Waals surface area contributed by atoms with Gasteiger partial charge in [-0.15, -0.1) is 0 Å². The first-order valence-electron chi connectivity index (χ1n) is 8.49. The van der Waals surface area contributed by atoms with Gasteiger partial charge < -0.3 is 9.73 Å². The molecule has 0 saturated heterocycles. The van der Waals surface area contributed by atoms with Crippen LogP contribution in [0.25, 0.3) is 11.1 Å². The van der Waals surface area contributed by atoms with Gasteiger partial charge in [0.15, 0.2) is 5.58 Å². The van der Waals surface area contributed by atoms with Crippen molar-refractivity contribution in [2.24, 2.45) is 5.92 Å². The summed E-state index contributed by atoms with van der Waals surface area (Å²) in [6, 6.07) is 5.41. The molecule has 1 aliphatic rings. The SMILES string of the molecule is CC(C)n1c(=O)oc2cc(NC(=O)CCC3CCCC3)ccc21. The van der Waals surface area contributed by atoms with Crippen LogP contribution in [0, 0.1) is 5.92 Å². The van der Waals surface area contributed by atoms with Crippen LogP contribution in [0.4, 0.5) is 5.69 Å². The fraction of sp³-hybridized carbons (Fsp3) is 0.556. The topological polar surface area (TPSA) is 64.2 Å². The number of rotatable bonds is 5. The molecule has 1 N–H and O–H groups in total. The molecule has 124 valence electrons. The molecule has 2 aromatic rings. The molecule has 5 nitrogen and oxygen atoms in total. The van der Waals surface area contributed by atoms with Crippen LogP contribution in [-0.4, -0.2) is 10.5 Å². The summed E-state index contributed by atoms with van der Waals surface area (Å²) >= 11 is 0. The maximum absolute atomic E-state index is 12.1. The van der Waals surface area contributed by atoms with E-state index in [1.807, 2.05) is 26.0 Å². The minimum absolute atomic E-state index is 0.0295. The monoisotopic (exact) mass is 316 g/mol. The lowest BCUT2D eigenvalue weighted by Crippen LogP contribution is -2.15. The Bertz CT molecular complexity index is 751. The molecule has 1 aromatic carbocycles. The number of carbonyl (C=O) groups is 1. The number of benzene rings is 1. The molecule has 1 aliphatic carbocycles. The van der Waals surface area contributed by atoms with Crippen LogP contribution in [0.5, 0.6) is 0 Å². The predicted molar refractivity (Wildman–Crippen MR) is 90.7 cm³/mol. The van der Waals surface area contributed by atoms with E-state index in [1.165, 1.54) is 25.7 Å². The molecule has 0 spiro atoms. The van der Waals surface area contributed by atoms with Gasteiger partial charge in [-0.3, -0.25) is 9.36 Å². The number of aromatic nitrogens is 1. The van der Waals surface area contributed by atoms with Crippen molar-refractivity contribution in [3.63, 3.8) is 0 Å². The largest absolute Gasteiger partial charge is 0.420 e. The molecule has 5 heteroatoms. The standard InChI is InChI=1S/C18H24N2O3/c1-12(2)20-15-9-8-14(11-16(15)23-18(20)22)19-17(21)10-7-13-5-3-4-6-13/h8-9,11-13H,3-7,10H2,1-2H3,(H,19,21). The zero-order chi connectivity index (χ0) is 16.4. The highest BCUT2D eigenvalue weighted by Gasteiger charge is 2.17. The number of carbonyl (C=O) groups excluding carboxylic acids is 1. The first-order chi connectivity index (χ1) is 11.0. The molecule has 1 saturated carbocycles. The molecule has 0 bridgehead atoms. The molecule has 3 rings (SSSR count). The maximum atomic E-state index is 12.1. The summed E-state index contributed by atoms with van der Waals surface area (Å²) in [5.41, 5.74) is 1.95. The van der Waals surface area contributed by atoms with Crippen molar-refractivity contribution in [2.45, 2.75) is 58.4 Å². The van der Waals surface area contributed by atoms with Gasteiger partial charge in [0.25, 0.3) is 0 Å². The number of amides is 1. The van der Waals surface area contributed by atoms with Crippen molar-refractivity contribution in [1.29, 1.82) is 0 Å². The summed E-state index contributed by atoms with van der Waals surface area (Å²) in [6.45, 7) is 3.88. The van der Waals surface area contributed by atoms with Crippen molar-refractivity contribution in [3.05, 3.63) is 28.7 Å². The molecule has 0 radical (unpaired) electrons. The quantitative estimate of drug-likeness (QED) is 0.903. The number of anilines is 1. The fourth-order valence-corrected chi connectivity index (χ4v) is 3.46. The summed E-state index contributed by atoms with van der Waals surface area (Å²) in [6.07, 6.45) is 6.64. The highest BCUT2D eigenvalue weighted by molar-refractivity contribution is 5.92. The summed E-state index contributed by atoms with van der Waals surface area (Å²) < 4.78 is 6.89. The van der Waals surface area contributed by atoms with Crippen molar-refractivity contribution < 1.29 is 9.21 Å². The third-order valence-corrected chi connectivity index (χ3v) is 4.67. The van der Waals surface area contributed by atoms with E-state index in [0.717, 1.165) is 11.9 Å². The minimum atomic E-state index is -0.361. The van der Waals surface area contributed by atoms with Crippen molar-refractivity contribution in [2.75, 3.05) is 5.32 Å². The third-order valence-electron chi connectivity index (χ3n) is 4.67. The van der Waals surface area contributed by atoms with Gasteiger partial charge >= 0.3 is 5.76 Å². The Kier molecular flexibility index (Phi) is 4.55. The Morgan fingerprint density at radius 2 is 2.09 bits per heavy atom. The van der Waals surface area contributed by atoms with Gasteiger partial charge in [0.1, 0.15) is 0 Å². The van der Waals surface area contributed by atoms with Crippen LogP contribution in [-0.2, 0) is 4.79 Å². The van der Waals surface area contributed by atoms with Crippen LogP contribution in [0.15, 0.2) is 27.4 Å². The van der Waals surface area contributed by atoms with Crippen molar-refractivity contribution in [1.82, 2.24) is 4.57 Å². The van der Waals surface area contributed by atoms with Gasteiger partial charge in [-0.2, -0.15) is 0 Å². The van der Waals surface area contributed by atoms with Crippen LogP contribution in [0.1, 0.15) is 58.4 Å². The molecule has 23 heavy (non-hydrogen) atoms. The molecule has 1 fully saturated rings. The fourth-order valence-electron chi connectivity index (χ4n) is 3.46. The van der Waals surface area contributed by atoms with E-state index >= 15 is 0 Å². The number of hydrogen-bond donors (Lipinski definition) is 1. The maximum Gasteiger partial charge on any atom is 0.420 e. The molecule has 0 aliphatic heterocycles. The van der Waals surface area contributed by atoms with Gasteiger partial charge in [0.05, 0.1) is 5.52 Å². The Hall–Kier alpha value is -2.04.